The molecule has 4 rings (SSSR count). The van der Waals surface area contributed by atoms with Crippen molar-refractivity contribution in [1.29, 1.82) is 0 Å². The zero-order valence-corrected chi connectivity index (χ0v) is 14.6. The van der Waals surface area contributed by atoms with E-state index in [9.17, 15) is 0 Å². The molecule has 0 amide bonds. The van der Waals surface area contributed by atoms with Crippen LogP contribution >= 0.6 is 0 Å². The molecule has 0 aromatic heterocycles. The first-order chi connectivity index (χ1) is 11.8. The summed E-state index contributed by atoms with van der Waals surface area (Å²) in [6, 6.07) is 17.4. The molecule has 1 saturated heterocycles. The maximum atomic E-state index is 5.43. The highest BCUT2D eigenvalue weighted by atomic mass is 16.5. The van der Waals surface area contributed by atoms with Crippen LogP contribution in [0.2, 0.25) is 0 Å². The number of fused-ring (bicyclic) bond motifs is 4. The summed E-state index contributed by atoms with van der Waals surface area (Å²) in [5.41, 5.74) is 4.28. The summed E-state index contributed by atoms with van der Waals surface area (Å²) < 4.78 is 5.43. The van der Waals surface area contributed by atoms with Crippen molar-refractivity contribution in [1.82, 2.24) is 4.90 Å². The average molecular weight is 322 g/mol. The molecule has 0 aliphatic carbocycles. The van der Waals surface area contributed by atoms with Crippen LogP contribution < -0.4 is 9.64 Å². The lowest BCUT2D eigenvalue weighted by atomic mass is 9.82. The van der Waals surface area contributed by atoms with Crippen LogP contribution in [0.1, 0.15) is 29.9 Å². The smallest absolute Gasteiger partial charge is 0.119 e. The van der Waals surface area contributed by atoms with Gasteiger partial charge in [-0.15, -0.1) is 0 Å². The number of rotatable bonds is 4. The first-order valence-electron chi connectivity index (χ1n) is 8.95. The highest BCUT2D eigenvalue weighted by Crippen LogP contribution is 2.44. The highest BCUT2D eigenvalue weighted by molar-refractivity contribution is 5.60. The van der Waals surface area contributed by atoms with Gasteiger partial charge in [-0.05, 0) is 54.5 Å². The molecular weight excluding hydrogens is 296 g/mol. The summed E-state index contributed by atoms with van der Waals surface area (Å²) in [7, 11) is 4.00. The first kappa shape index (κ1) is 15.5. The van der Waals surface area contributed by atoms with Gasteiger partial charge in [-0.1, -0.05) is 30.3 Å². The lowest BCUT2D eigenvalue weighted by molar-refractivity contribution is 0.128. The molecule has 0 N–H and O–H groups in total. The molecule has 2 aromatic rings. The van der Waals surface area contributed by atoms with E-state index >= 15 is 0 Å². The molecule has 3 nitrogen and oxygen atoms in total. The third-order valence-corrected chi connectivity index (χ3v) is 5.71. The van der Waals surface area contributed by atoms with Gasteiger partial charge in [0.2, 0.25) is 0 Å². The van der Waals surface area contributed by atoms with E-state index in [1.165, 1.54) is 36.2 Å². The number of methoxy groups -OCH3 is 1. The second-order valence-electron chi connectivity index (χ2n) is 7.01. The fourth-order valence-corrected chi connectivity index (χ4v) is 4.32. The minimum Gasteiger partial charge on any atom is -0.497 e. The third kappa shape index (κ3) is 2.78. The summed E-state index contributed by atoms with van der Waals surface area (Å²) in [5.74, 6) is 1.65. The van der Waals surface area contributed by atoms with Crippen molar-refractivity contribution in [3.8, 4) is 5.75 Å². The predicted octanol–water partition coefficient (Wildman–Crippen LogP) is 3.89. The van der Waals surface area contributed by atoms with Gasteiger partial charge in [0, 0.05) is 25.8 Å². The number of hydrogen-bond donors (Lipinski definition) is 0. The third-order valence-electron chi connectivity index (χ3n) is 5.71. The van der Waals surface area contributed by atoms with Gasteiger partial charge in [-0.2, -0.15) is 0 Å². The Labute approximate surface area is 144 Å². The van der Waals surface area contributed by atoms with Gasteiger partial charge in [0.1, 0.15) is 5.75 Å². The zero-order chi connectivity index (χ0) is 16.5. The van der Waals surface area contributed by atoms with E-state index in [0.717, 1.165) is 18.7 Å². The van der Waals surface area contributed by atoms with Crippen LogP contribution in [0, 0.1) is 0 Å². The summed E-state index contributed by atoms with van der Waals surface area (Å²) in [4.78, 5) is 5.13. The molecule has 1 fully saturated rings. The fraction of sp³-hybridized carbons (Fsp3) is 0.429. The monoisotopic (exact) mass is 322 g/mol. The van der Waals surface area contributed by atoms with Crippen molar-refractivity contribution in [2.24, 2.45) is 0 Å². The Hall–Kier alpha value is -2.00. The Bertz CT molecular complexity index is 700. The van der Waals surface area contributed by atoms with E-state index < -0.39 is 0 Å². The standard InChI is InChI=1S/C21H26N2O/c1-22-20-9-8-18(24-2)15-19(20)17-11-13-23(21(22)14-17)12-10-16-6-4-3-5-7-16/h3-9,15,17,21H,10-14H2,1-2H3. The normalized spacial score (nSPS) is 23.0. The molecule has 0 saturated carbocycles. The number of ether oxygens (including phenoxy) is 1. The lowest BCUT2D eigenvalue weighted by Crippen LogP contribution is -2.54. The second kappa shape index (κ2) is 6.48. The van der Waals surface area contributed by atoms with Crippen LogP contribution in [0.25, 0.3) is 0 Å². The summed E-state index contributed by atoms with van der Waals surface area (Å²) >= 11 is 0. The van der Waals surface area contributed by atoms with Crippen LogP contribution in [0.5, 0.6) is 5.75 Å². The quantitative estimate of drug-likeness (QED) is 0.849. The van der Waals surface area contributed by atoms with Gasteiger partial charge < -0.3 is 9.64 Å². The molecule has 0 spiro atoms. The van der Waals surface area contributed by atoms with Gasteiger partial charge in [0.25, 0.3) is 0 Å². The summed E-state index contributed by atoms with van der Waals surface area (Å²) in [6.07, 6.45) is 4.13. The van der Waals surface area contributed by atoms with Crippen molar-refractivity contribution in [2.75, 3.05) is 32.1 Å². The Morgan fingerprint density at radius 3 is 2.75 bits per heavy atom. The van der Waals surface area contributed by atoms with Crippen LogP contribution in [-0.2, 0) is 6.42 Å². The molecule has 0 radical (unpaired) electrons. The molecule has 24 heavy (non-hydrogen) atoms. The van der Waals surface area contributed by atoms with E-state index in [4.69, 9.17) is 4.74 Å². The van der Waals surface area contributed by atoms with Crippen molar-refractivity contribution >= 4 is 5.69 Å². The minimum atomic E-state index is 0.522. The van der Waals surface area contributed by atoms with Gasteiger partial charge in [0.15, 0.2) is 0 Å². The van der Waals surface area contributed by atoms with Crippen LogP contribution in [0.15, 0.2) is 48.5 Å². The topological polar surface area (TPSA) is 15.7 Å². The Kier molecular flexibility index (Phi) is 4.19. The maximum Gasteiger partial charge on any atom is 0.119 e. The molecule has 126 valence electrons. The number of benzene rings is 2. The molecule has 2 aromatic carbocycles. The van der Waals surface area contributed by atoms with E-state index in [0.29, 0.717) is 12.1 Å². The number of likely N-dealkylation sites (tertiary alicyclic amines) is 1. The number of anilines is 1. The van der Waals surface area contributed by atoms with Crippen molar-refractivity contribution in [3.05, 3.63) is 59.7 Å². The van der Waals surface area contributed by atoms with E-state index in [1.54, 1.807) is 7.11 Å². The number of piperidine rings is 1. The predicted molar refractivity (Wildman–Crippen MR) is 98.9 cm³/mol. The number of hydrogen-bond acceptors (Lipinski definition) is 3. The Morgan fingerprint density at radius 2 is 1.96 bits per heavy atom. The van der Waals surface area contributed by atoms with Crippen molar-refractivity contribution < 1.29 is 4.74 Å². The summed E-state index contributed by atoms with van der Waals surface area (Å²) in [5, 5.41) is 0. The van der Waals surface area contributed by atoms with Crippen LogP contribution in [0.4, 0.5) is 5.69 Å². The minimum absolute atomic E-state index is 0.522. The zero-order valence-electron chi connectivity index (χ0n) is 14.6. The highest BCUT2D eigenvalue weighted by Gasteiger charge is 2.37. The second-order valence-corrected chi connectivity index (χ2v) is 7.01. The molecular formula is C21H26N2O. The van der Waals surface area contributed by atoms with E-state index in [2.05, 4.69) is 65.4 Å². The maximum absolute atomic E-state index is 5.43. The van der Waals surface area contributed by atoms with Crippen LogP contribution in [-0.4, -0.2) is 38.3 Å². The first-order valence-corrected chi connectivity index (χ1v) is 8.95. The van der Waals surface area contributed by atoms with Gasteiger partial charge in [0.05, 0.1) is 13.3 Å². The number of nitrogens with zero attached hydrogens (tertiary/aromatic N) is 2. The molecule has 2 bridgehead atoms. The Balaban J connectivity index is 1.52. The Morgan fingerprint density at radius 1 is 1.12 bits per heavy atom. The molecule has 3 heteroatoms. The summed E-state index contributed by atoms with van der Waals surface area (Å²) in [6.45, 7) is 2.32. The van der Waals surface area contributed by atoms with E-state index in [-0.39, 0.29) is 0 Å². The van der Waals surface area contributed by atoms with Crippen molar-refractivity contribution in [3.63, 3.8) is 0 Å². The SMILES string of the molecule is COc1ccc2c(c1)C1CCN(CCc3ccccc3)C(C1)N2C. The lowest BCUT2D eigenvalue weighted by Gasteiger charge is -2.49. The largest absolute Gasteiger partial charge is 0.497 e. The molecule has 2 aliphatic heterocycles. The van der Waals surface area contributed by atoms with Crippen LogP contribution in [0.3, 0.4) is 0 Å². The average Bonchev–Trinajstić information content (AvgIpc) is 2.65. The van der Waals surface area contributed by atoms with E-state index in [1.807, 2.05) is 0 Å². The van der Waals surface area contributed by atoms with Gasteiger partial charge in [-0.3, -0.25) is 4.90 Å². The van der Waals surface area contributed by atoms with Crippen molar-refractivity contribution in [2.45, 2.75) is 31.3 Å². The van der Waals surface area contributed by atoms with Gasteiger partial charge in [-0.25, -0.2) is 0 Å². The fourth-order valence-electron chi connectivity index (χ4n) is 4.32. The molecule has 2 heterocycles. The molecule has 2 atom stereocenters. The van der Waals surface area contributed by atoms with Gasteiger partial charge >= 0.3 is 0 Å². The molecule has 2 unspecified atom stereocenters. The molecule has 2 aliphatic rings.